The van der Waals surface area contributed by atoms with Crippen molar-refractivity contribution in [3.63, 3.8) is 0 Å². The average Bonchev–Trinajstić information content (AvgIpc) is 3.01. The summed E-state index contributed by atoms with van der Waals surface area (Å²) in [4.78, 5) is 2.38. The van der Waals surface area contributed by atoms with Crippen LogP contribution in [0, 0.1) is 5.82 Å². The van der Waals surface area contributed by atoms with Crippen molar-refractivity contribution in [3.05, 3.63) is 83.7 Å². The number of nitrogens with zero attached hydrogens (tertiary/aromatic N) is 1. The number of hydrogen-bond donors (Lipinski definition) is 1. The summed E-state index contributed by atoms with van der Waals surface area (Å²) in [6.45, 7) is 6.54. The molecule has 2 aliphatic rings. The Morgan fingerprint density at radius 1 is 0.976 bits per heavy atom. The molecule has 0 spiro atoms. The number of benzene rings is 3. The van der Waals surface area contributed by atoms with E-state index in [1.165, 1.54) is 11.6 Å². The summed E-state index contributed by atoms with van der Waals surface area (Å²) < 4.78 is 42.7. The maximum absolute atomic E-state index is 13.7. The van der Waals surface area contributed by atoms with E-state index in [4.69, 9.17) is 23.7 Å². The van der Waals surface area contributed by atoms with Gasteiger partial charge in [-0.3, -0.25) is 0 Å². The molecule has 1 N–H and O–H groups in total. The molecule has 0 amide bonds. The molecule has 3 aromatic rings. The van der Waals surface area contributed by atoms with Crippen molar-refractivity contribution in [3.8, 4) is 17.2 Å². The second-order valence-corrected chi connectivity index (χ2v) is 10.5. The van der Waals surface area contributed by atoms with Crippen molar-refractivity contribution < 1.29 is 28.1 Å². The molecule has 7 nitrogen and oxygen atoms in total. The zero-order valence-corrected chi connectivity index (χ0v) is 23.9. The lowest BCUT2D eigenvalue weighted by atomic mass is 9.87. The molecule has 3 aromatic carbocycles. The number of piperidine rings is 1. The minimum atomic E-state index is -0.346. The Balaban J connectivity index is 1.11. The van der Waals surface area contributed by atoms with E-state index in [-0.39, 0.29) is 17.7 Å². The number of rotatable bonds is 14. The minimum absolute atomic E-state index is 0.0798. The number of halogens is 1. The summed E-state index contributed by atoms with van der Waals surface area (Å²) in [5.74, 6) is 2.00. The predicted molar refractivity (Wildman–Crippen MR) is 158 cm³/mol. The van der Waals surface area contributed by atoms with Crippen LogP contribution in [0.4, 0.5) is 10.1 Å². The highest BCUT2D eigenvalue weighted by Crippen LogP contribution is 2.34. The third-order valence-electron chi connectivity index (χ3n) is 7.61. The maximum Gasteiger partial charge on any atom is 0.165 e. The first-order chi connectivity index (χ1) is 20.2. The molecule has 41 heavy (non-hydrogen) atoms. The molecule has 8 heteroatoms. The highest BCUT2D eigenvalue weighted by Gasteiger charge is 2.27. The number of fused-ring (bicyclic) bond motifs is 1. The Morgan fingerprint density at radius 3 is 2.68 bits per heavy atom. The van der Waals surface area contributed by atoms with Gasteiger partial charge in [0, 0.05) is 39.1 Å². The minimum Gasteiger partial charge on any atom is -0.493 e. The van der Waals surface area contributed by atoms with Crippen LogP contribution < -0.4 is 24.4 Å². The molecule has 220 valence electrons. The number of nitrogens with one attached hydrogen (secondary N) is 1. The summed E-state index contributed by atoms with van der Waals surface area (Å²) in [6, 6.07) is 21.2. The van der Waals surface area contributed by atoms with Gasteiger partial charge in [-0.2, -0.15) is 0 Å². The van der Waals surface area contributed by atoms with Gasteiger partial charge in [-0.25, -0.2) is 4.39 Å². The molecule has 0 unspecified atom stereocenters. The molecule has 0 radical (unpaired) electrons. The van der Waals surface area contributed by atoms with E-state index in [0.717, 1.165) is 68.4 Å². The van der Waals surface area contributed by atoms with Crippen molar-refractivity contribution in [2.75, 3.05) is 64.6 Å². The normalized spacial score (nSPS) is 18.4. The molecule has 0 bridgehead atoms. The van der Waals surface area contributed by atoms with Crippen molar-refractivity contribution in [1.82, 2.24) is 5.32 Å². The molecular weight excluding hydrogens is 523 g/mol. The Morgan fingerprint density at radius 2 is 1.83 bits per heavy atom. The van der Waals surface area contributed by atoms with Crippen molar-refractivity contribution in [2.45, 2.75) is 37.9 Å². The van der Waals surface area contributed by atoms with Crippen LogP contribution in [0.3, 0.4) is 0 Å². The lowest BCUT2D eigenvalue weighted by Gasteiger charge is -2.33. The van der Waals surface area contributed by atoms with Gasteiger partial charge in [0.1, 0.15) is 18.1 Å². The van der Waals surface area contributed by atoms with E-state index >= 15 is 0 Å². The second-order valence-electron chi connectivity index (χ2n) is 10.5. The number of ether oxygens (including phenoxy) is 5. The topological polar surface area (TPSA) is 61.4 Å². The van der Waals surface area contributed by atoms with Gasteiger partial charge in [-0.15, -0.1) is 0 Å². The molecule has 5 rings (SSSR count). The molecule has 2 heterocycles. The predicted octanol–water partition coefficient (Wildman–Crippen LogP) is 5.57. The lowest BCUT2D eigenvalue weighted by Crippen LogP contribution is -2.41. The molecule has 2 atom stereocenters. The van der Waals surface area contributed by atoms with Crippen LogP contribution in [-0.2, 0) is 16.1 Å². The summed E-state index contributed by atoms with van der Waals surface area (Å²) in [7, 11) is 1.74. The summed E-state index contributed by atoms with van der Waals surface area (Å²) in [5.41, 5.74) is 3.55. The summed E-state index contributed by atoms with van der Waals surface area (Å²) >= 11 is 0. The molecule has 0 saturated carbocycles. The molecular formula is C33H41FN2O5. The van der Waals surface area contributed by atoms with Gasteiger partial charge >= 0.3 is 0 Å². The van der Waals surface area contributed by atoms with E-state index in [2.05, 4.69) is 40.5 Å². The van der Waals surface area contributed by atoms with Gasteiger partial charge in [0.05, 0.1) is 38.2 Å². The van der Waals surface area contributed by atoms with Gasteiger partial charge in [0.25, 0.3) is 0 Å². The highest BCUT2D eigenvalue weighted by molar-refractivity contribution is 5.61. The number of methoxy groups -OCH3 is 1. The molecule has 1 saturated heterocycles. The summed E-state index contributed by atoms with van der Waals surface area (Å²) in [5, 5.41) is 3.50. The maximum atomic E-state index is 13.7. The van der Waals surface area contributed by atoms with E-state index in [0.29, 0.717) is 38.8 Å². The average molecular weight is 565 g/mol. The number of hydrogen-bond acceptors (Lipinski definition) is 7. The van der Waals surface area contributed by atoms with Crippen LogP contribution in [0.25, 0.3) is 0 Å². The first-order valence-electron chi connectivity index (χ1n) is 14.6. The quantitative estimate of drug-likeness (QED) is 0.257. The van der Waals surface area contributed by atoms with Gasteiger partial charge in [-0.05, 0) is 66.9 Å². The van der Waals surface area contributed by atoms with Crippen molar-refractivity contribution in [1.29, 1.82) is 0 Å². The van der Waals surface area contributed by atoms with Crippen LogP contribution in [0.1, 0.15) is 36.3 Å². The number of anilines is 1. The third-order valence-corrected chi connectivity index (χ3v) is 7.61. The molecule has 0 aliphatic carbocycles. The third kappa shape index (κ3) is 8.12. The zero-order chi connectivity index (χ0) is 28.3. The van der Waals surface area contributed by atoms with Crippen LogP contribution in [0.2, 0.25) is 0 Å². The monoisotopic (exact) mass is 564 g/mol. The first kappa shape index (κ1) is 29.2. The van der Waals surface area contributed by atoms with Crippen LogP contribution >= 0.6 is 0 Å². The summed E-state index contributed by atoms with van der Waals surface area (Å²) in [6.07, 6.45) is 2.75. The Bertz CT molecular complexity index is 1220. The SMILES string of the molecule is COCCCN1CCOc2ccc(CO[C@H]3CNCC[C@@H]3c3ccc(OCCCOc4ccccc4F)cc3)cc21. The zero-order valence-electron chi connectivity index (χ0n) is 23.9. The second kappa shape index (κ2) is 15.1. The lowest BCUT2D eigenvalue weighted by molar-refractivity contribution is 0.0106. The Labute approximate surface area is 242 Å². The van der Waals surface area contributed by atoms with Crippen LogP contribution in [-0.4, -0.2) is 65.8 Å². The van der Waals surface area contributed by atoms with Crippen molar-refractivity contribution in [2.24, 2.45) is 0 Å². The van der Waals surface area contributed by atoms with E-state index in [1.807, 2.05) is 12.1 Å². The van der Waals surface area contributed by atoms with Gasteiger partial charge in [0.2, 0.25) is 0 Å². The van der Waals surface area contributed by atoms with Gasteiger partial charge in [-0.1, -0.05) is 30.3 Å². The number of para-hydroxylation sites is 1. The Kier molecular flexibility index (Phi) is 10.7. The Hall–Kier alpha value is -3.33. The largest absolute Gasteiger partial charge is 0.493 e. The fourth-order valence-corrected chi connectivity index (χ4v) is 5.43. The van der Waals surface area contributed by atoms with Crippen LogP contribution in [0.5, 0.6) is 17.2 Å². The standard InChI is InChI=1S/C33H41FN2O5/c1-37-18-4-16-36-17-21-40-32-13-8-25(22-30(32)36)24-41-33-23-35-15-14-28(33)26-9-11-27(12-10-26)38-19-5-20-39-31-7-3-2-6-29(31)34/h2-3,6-13,22,28,33,35H,4-5,14-21,23-24H2,1H3/t28-,33+/m1/s1. The fourth-order valence-electron chi connectivity index (χ4n) is 5.43. The van der Waals surface area contributed by atoms with Crippen LogP contribution in [0.15, 0.2) is 66.7 Å². The molecule has 1 fully saturated rings. The van der Waals surface area contributed by atoms with E-state index < -0.39 is 0 Å². The molecule has 0 aromatic heterocycles. The van der Waals surface area contributed by atoms with E-state index in [9.17, 15) is 4.39 Å². The first-order valence-corrected chi connectivity index (χ1v) is 14.6. The fraction of sp³-hybridized carbons (Fsp3) is 0.455. The highest BCUT2D eigenvalue weighted by atomic mass is 19.1. The van der Waals surface area contributed by atoms with Gasteiger partial charge < -0.3 is 33.9 Å². The van der Waals surface area contributed by atoms with Gasteiger partial charge in [0.15, 0.2) is 11.6 Å². The smallest absolute Gasteiger partial charge is 0.165 e. The van der Waals surface area contributed by atoms with Crippen molar-refractivity contribution >= 4 is 5.69 Å². The van der Waals surface area contributed by atoms with E-state index in [1.54, 1.807) is 25.3 Å². The molecule has 2 aliphatic heterocycles.